The fraction of sp³-hybridized carbons (Fsp3) is 0.462. The van der Waals surface area contributed by atoms with Crippen molar-refractivity contribution < 1.29 is 9.53 Å². The van der Waals surface area contributed by atoms with E-state index in [-0.39, 0.29) is 5.91 Å². The molecule has 0 atom stereocenters. The smallest absolute Gasteiger partial charge is 0.239 e. The largest absolute Gasteiger partial charge is 0.494 e. The van der Waals surface area contributed by atoms with Gasteiger partial charge < -0.3 is 15.4 Å². The summed E-state index contributed by atoms with van der Waals surface area (Å²) in [4.78, 5) is 11.4. The summed E-state index contributed by atoms with van der Waals surface area (Å²) >= 11 is 0. The van der Waals surface area contributed by atoms with E-state index in [4.69, 9.17) is 4.74 Å². The number of rotatable bonds is 6. The van der Waals surface area contributed by atoms with Crippen LogP contribution >= 0.6 is 0 Å². The number of carbonyl (C=O) groups is 1. The van der Waals surface area contributed by atoms with Gasteiger partial charge in [-0.1, -0.05) is 0 Å². The minimum Gasteiger partial charge on any atom is -0.494 e. The molecule has 1 aliphatic rings. The molecule has 0 heterocycles. The lowest BCUT2D eigenvalue weighted by atomic mass is 10.3. The first kappa shape index (κ1) is 11.8. The molecule has 0 radical (unpaired) electrons. The zero-order valence-electron chi connectivity index (χ0n) is 10.0. The molecule has 92 valence electrons. The molecule has 1 aromatic carbocycles. The summed E-state index contributed by atoms with van der Waals surface area (Å²) in [6, 6.07) is 8.03. The average molecular weight is 234 g/mol. The normalized spacial score (nSPS) is 14.2. The van der Waals surface area contributed by atoms with Crippen molar-refractivity contribution in [2.24, 2.45) is 0 Å². The molecule has 2 N–H and O–H groups in total. The van der Waals surface area contributed by atoms with E-state index < -0.39 is 0 Å². The van der Waals surface area contributed by atoms with Gasteiger partial charge in [-0.25, -0.2) is 0 Å². The standard InChI is InChI=1S/C13H18N2O2/c1-2-17-12-7-5-10(6-8-12)14-9-13(16)15-11-3-4-11/h5-8,11,14H,2-4,9H2,1H3,(H,15,16). The molecule has 4 heteroatoms. The molecule has 1 saturated carbocycles. The van der Waals surface area contributed by atoms with Crippen LogP contribution in [0.15, 0.2) is 24.3 Å². The van der Waals surface area contributed by atoms with Gasteiger partial charge in [-0.15, -0.1) is 0 Å². The summed E-state index contributed by atoms with van der Waals surface area (Å²) in [6.07, 6.45) is 2.24. The van der Waals surface area contributed by atoms with Gasteiger partial charge in [0.2, 0.25) is 5.91 Å². The third kappa shape index (κ3) is 3.98. The SMILES string of the molecule is CCOc1ccc(NCC(=O)NC2CC2)cc1. The average Bonchev–Trinajstić information content (AvgIpc) is 3.12. The highest BCUT2D eigenvalue weighted by atomic mass is 16.5. The number of ether oxygens (including phenoxy) is 1. The van der Waals surface area contributed by atoms with Gasteiger partial charge in [-0.05, 0) is 44.0 Å². The van der Waals surface area contributed by atoms with Crippen molar-refractivity contribution >= 4 is 11.6 Å². The van der Waals surface area contributed by atoms with Crippen molar-refractivity contribution in [3.8, 4) is 5.75 Å². The van der Waals surface area contributed by atoms with Crippen LogP contribution in [0.4, 0.5) is 5.69 Å². The number of hydrogen-bond donors (Lipinski definition) is 2. The van der Waals surface area contributed by atoms with E-state index in [1.165, 1.54) is 0 Å². The maximum absolute atomic E-state index is 11.4. The first-order valence-corrected chi connectivity index (χ1v) is 6.04. The Kier molecular flexibility index (Phi) is 3.85. The second kappa shape index (κ2) is 5.57. The second-order valence-electron chi connectivity index (χ2n) is 4.15. The molecule has 1 aliphatic carbocycles. The van der Waals surface area contributed by atoms with Gasteiger partial charge in [0.05, 0.1) is 13.2 Å². The van der Waals surface area contributed by atoms with Crippen LogP contribution in [0.2, 0.25) is 0 Å². The van der Waals surface area contributed by atoms with Crippen LogP contribution in [-0.4, -0.2) is 25.1 Å². The predicted molar refractivity (Wildman–Crippen MR) is 67.3 cm³/mol. The molecule has 0 saturated heterocycles. The van der Waals surface area contributed by atoms with Crippen LogP contribution in [0, 0.1) is 0 Å². The van der Waals surface area contributed by atoms with Crippen molar-refractivity contribution in [2.75, 3.05) is 18.5 Å². The molecule has 1 aromatic rings. The number of amides is 1. The highest BCUT2D eigenvalue weighted by molar-refractivity contribution is 5.81. The van der Waals surface area contributed by atoms with Gasteiger partial charge in [0.1, 0.15) is 5.75 Å². The molecule has 0 bridgehead atoms. The molecule has 4 nitrogen and oxygen atoms in total. The molecule has 0 aliphatic heterocycles. The lowest BCUT2D eigenvalue weighted by Gasteiger charge is -2.08. The lowest BCUT2D eigenvalue weighted by molar-refractivity contribution is -0.119. The van der Waals surface area contributed by atoms with Crippen molar-refractivity contribution in [1.29, 1.82) is 0 Å². The van der Waals surface area contributed by atoms with E-state index in [0.717, 1.165) is 24.3 Å². The summed E-state index contributed by atoms with van der Waals surface area (Å²) < 4.78 is 5.34. The van der Waals surface area contributed by atoms with E-state index in [0.29, 0.717) is 19.2 Å². The molecular formula is C13H18N2O2. The molecule has 0 aromatic heterocycles. The zero-order valence-corrected chi connectivity index (χ0v) is 10.0. The quantitative estimate of drug-likeness (QED) is 0.788. The van der Waals surface area contributed by atoms with Gasteiger partial charge >= 0.3 is 0 Å². The topological polar surface area (TPSA) is 50.4 Å². The third-order valence-electron chi connectivity index (χ3n) is 2.56. The fourth-order valence-corrected chi connectivity index (χ4v) is 1.52. The van der Waals surface area contributed by atoms with Crippen LogP contribution in [0.3, 0.4) is 0 Å². The lowest BCUT2D eigenvalue weighted by Crippen LogP contribution is -2.31. The molecular weight excluding hydrogens is 216 g/mol. The molecule has 0 unspecified atom stereocenters. The van der Waals surface area contributed by atoms with Gasteiger partial charge in [-0.3, -0.25) is 4.79 Å². The van der Waals surface area contributed by atoms with Crippen molar-refractivity contribution in [3.63, 3.8) is 0 Å². The Morgan fingerprint density at radius 2 is 2.06 bits per heavy atom. The van der Waals surface area contributed by atoms with Crippen LogP contribution in [0.25, 0.3) is 0 Å². The third-order valence-corrected chi connectivity index (χ3v) is 2.56. The van der Waals surface area contributed by atoms with Crippen LogP contribution in [-0.2, 0) is 4.79 Å². The maximum Gasteiger partial charge on any atom is 0.239 e. The summed E-state index contributed by atoms with van der Waals surface area (Å²) in [6.45, 7) is 2.94. The van der Waals surface area contributed by atoms with Gasteiger partial charge in [0.25, 0.3) is 0 Å². The van der Waals surface area contributed by atoms with E-state index in [9.17, 15) is 4.79 Å². The molecule has 1 amide bonds. The van der Waals surface area contributed by atoms with Gasteiger partial charge in [0, 0.05) is 11.7 Å². The maximum atomic E-state index is 11.4. The molecule has 0 spiro atoms. The number of anilines is 1. The monoisotopic (exact) mass is 234 g/mol. The highest BCUT2D eigenvalue weighted by Crippen LogP contribution is 2.18. The Hall–Kier alpha value is -1.71. The van der Waals surface area contributed by atoms with Crippen molar-refractivity contribution in [3.05, 3.63) is 24.3 Å². The van der Waals surface area contributed by atoms with Crippen molar-refractivity contribution in [2.45, 2.75) is 25.8 Å². The number of nitrogens with one attached hydrogen (secondary N) is 2. The second-order valence-corrected chi connectivity index (χ2v) is 4.15. The van der Waals surface area contributed by atoms with Gasteiger partial charge in [-0.2, -0.15) is 0 Å². The van der Waals surface area contributed by atoms with Gasteiger partial charge in [0.15, 0.2) is 0 Å². The Bertz CT molecular complexity index is 372. The number of benzene rings is 1. The Balaban J connectivity index is 1.75. The number of hydrogen-bond acceptors (Lipinski definition) is 3. The highest BCUT2D eigenvalue weighted by Gasteiger charge is 2.22. The fourth-order valence-electron chi connectivity index (χ4n) is 1.52. The van der Waals surface area contributed by atoms with Crippen LogP contribution in [0.1, 0.15) is 19.8 Å². The Morgan fingerprint density at radius 3 is 2.65 bits per heavy atom. The minimum atomic E-state index is 0.0568. The zero-order chi connectivity index (χ0) is 12.1. The molecule has 1 fully saturated rings. The Morgan fingerprint density at radius 1 is 1.35 bits per heavy atom. The first-order chi connectivity index (χ1) is 8.28. The van der Waals surface area contributed by atoms with E-state index in [1.54, 1.807) is 0 Å². The van der Waals surface area contributed by atoms with E-state index >= 15 is 0 Å². The molecule has 2 rings (SSSR count). The molecule has 17 heavy (non-hydrogen) atoms. The van der Waals surface area contributed by atoms with E-state index in [2.05, 4.69) is 10.6 Å². The predicted octanol–water partition coefficient (Wildman–Crippen LogP) is 1.78. The summed E-state index contributed by atoms with van der Waals surface area (Å²) in [5, 5.41) is 6.01. The Labute approximate surface area is 101 Å². The first-order valence-electron chi connectivity index (χ1n) is 6.04. The van der Waals surface area contributed by atoms with Crippen molar-refractivity contribution in [1.82, 2.24) is 5.32 Å². The number of carbonyl (C=O) groups excluding carboxylic acids is 1. The summed E-state index contributed by atoms with van der Waals surface area (Å²) in [5.41, 5.74) is 0.930. The minimum absolute atomic E-state index is 0.0568. The van der Waals surface area contributed by atoms with Crippen LogP contribution < -0.4 is 15.4 Å². The van der Waals surface area contributed by atoms with Crippen LogP contribution in [0.5, 0.6) is 5.75 Å². The summed E-state index contributed by atoms with van der Waals surface area (Å²) in [5.74, 6) is 0.905. The summed E-state index contributed by atoms with van der Waals surface area (Å²) in [7, 11) is 0. The van der Waals surface area contributed by atoms with E-state index in [1.807, 2.05) is 31.2 Å².